The first-order valence-electron chi connectivity index (χ1n) is 13.7. The number of rotatable bonds is 7. The first-order valence-corrected chi connectivity index (χ1v) is 15.7. The maximum Gasteiger partial charge on any atom is 0.301 e. The number of hydrogen-bond acceptors (Lipinski definition) is 5. The van der Waals surface area contributed by atoms with Crippen LogP contribution in [-0.4, -0.2) is 56.3 Å². The molecule has 0 aliphatic carbocycles. The second kappa shape index (κ2) is 10.7. The highest BCUT2D eigenvalue weighted by Crippen LogP contribution is 2.45. The highest BCUT2D eigenvalue weighted by molar-refractivity contribution is 6.99. The summed E-state index contributed by atoms with van der Waals surface area (Å²) in [6, 6.07) is 27.6. The SMILES string of the molecule is CC1(C)OC2C(CO[Si](c3ccccc3)(c3ccccc3)C(C)(C)C)OC(C(F)(F)c3ccccc3)C(O)C2O1. The van der Waals surface area contributed by atoms with Crippen molar-refractivity contribution in [3.8, 4) is 0 Å². The van der Waals surface area contributed by atoms with Gasteiger partial charge < -0.3 is 23.7 Å². The Morgan fingerprint density at radius 1 is 0.800 bits per heavy atom. The summed E-state index contributed by atoms with van der Waals surface area (Å²) in [7, 11) is -2.99. The number of hydrogen-bond donors (Lipinski definition) is 1. The molecule has 0 bridgehead atoms. The van der Waals surface area contributed by atoms with Gasteiger partial charge in [0.25, 0.3) is 8.32 Å². The molecule has 5 rings (SSSR count). The third-order valence-corrected chi connectivity index (χ3v) is 12.9. The Morgan fingerprint density at radius 2 is 1.27 bits per heavy atom. The van der Waals surface area contributed by atoms with Crippen LogP contribution in [0.3, 0.4) is 0 Å². The minimum absolute atomic E-state index is 0.0119. The Balaban J connectivity index is 1.54. The normalized spacial score (nSPS) is 26.9. The summed E-state index contributed by atoms with van der Waals surface area (Å²) in [5.74, 6) is -4.55. The Morgan fingerprint density at radius 3 is 1.77 bits per heavy atom. The van der Waals surface area contributed by atoms with E-state index in [1.807, 2.05) is 36.4 Å². The van der Waals surface area contributed by atoms with Gasteiger partial charge in [-0.1, -0.05) is 112 Å². The summed E-state index contributed by atoms with van der Waals surface area (Å²) in [6.45, 7) is 9.86. The van der Waals surface area contributed by atoms with Crippen molar-refractivity contribution in [2.45, 2.75) is 81.9 Å². The molecule has 3 aromatic carbocycles. The summed E-state index contributed by atoms with van der Waals surface area (Å²) in [5, 5.41) is 13.0. The molecule has 0 amide bonds. The molecular formula is C32H38F2O5Si. The van der Waals surface area contributed by atoms with E-state index in [4.69, 9.17) is 18.6 Å². The van der Waals surface area contributed by atoms with Gasteiger partial charge in [0.1, 0.15) is 24.4 Å². The van der Waals surface area contributed by atoms with Crippen molar-refractivity contribution in [1.82, 2.24) is 0 Å². The van der Waals surface area contributed by atoms with Crippen molar-refractivity contribution in [3.05, 3.63) is 96.6 Å². The number of halogens is 2. The predicted octanol–water partition coefficient (Wildman–Crippen LogP) is 5.00. The fourth-order valence-electron chi connectivity index (χ4n) is 6.11. The molecule has 2 aliphatic heterocycles. The second-order valence-electron chi connectivity index (χ2n) is 12.1. The lowest BCUT2D eigenvalue weighted by molar-refractivity contribution is -0.263. The lowest BCUT2D eigenvalue weighted by Crippen LogP contribution is -2.68. The molecule has 5 atom stereocenters. The topological polar surface area (TPSA) is 57.2 Å². The zero-order valence-corrected chi connectivity index (χ0v) is 24.6. The quantitative estimate of drug-likeness (QED) is 0.407. The van der Waals surface area contributed by atoms with Gasteiger partial charge in [0, 0.05) is 5.56 Å². The minimum atomic E-state index is -3.47. The molecular weight excluding hydrogens is 530 g/mol. The van der Waals surface area contributed by atoms with Crippen LogP contribution < -0.4 is 10.4 Å². The van der Waals surface area contributed by atoms with E-state index in [1.165, 1.54) is 12.1 Å². The molecule has 0 spiro atoms. The number of benzene rings is 3. The Hall–Kier alpha value is -2.46. The Labute approximate surface area is 236 Å². The summed E-state index contributed by atoms with van der Waals surface area (Å²) in [5.41, 5.74) is -0.234. The van der Waals surface area contributed by atoms with Crippen molar-refractivity contribution in [2.24, 2.45) is 0 Å². The largest absolute Gasteiger partial charge is 0.405 e. The van der Waals surface area contributed by atoms with Crippen molar-refractivity contribution in [3.63, 3.8) is 0 Å². The number of ether oxygens (including phenoxy) is 3. The average Bonchev–Trinajstić information content (AvgIpc) is 3.27. The van der Waals surface area contributed by atoms with E-state index in [1.54, 1.807) is 32.0 Å². The maximum absolute atomic E-state index is 15.9. The molecule has 214 valence electrons. The lowest BCUT2D eigenvalue weighted by atomic mass is 9.89. The van der Waals surface area contributed by atoms with Gasteiger partial charge in [0.2, 0.25) is 0 Å². The molecule has 0 saturated carbocycles. The van der Waals surface area contributed by atoms with Gasteiger partial charge in [-0.05, 0) is 29.3 Å². The molecule has 5 nitrogen and oxygen atoms in total. The van der Waals surface area contributed by atoms with E-state index >= 15 is 8.78 Å². The zero-order chi connectivity index (χ0) is 28.8. The third-order valence-electron chi connectivity index (χ3n) is 7.90. The van der Waals surface area contributed by atoms with Gasteiger partial charge in [0.15, 0.2) is 11.9 Å². The minimum Gasteiger partial charge on any atom is -0.405 e. The van der Waals surface area contributed by atoms with Crippen LogP contribution in [0.5, 0.6) is 0 Å². The zero-order valence-electron chi connectivity index (χ0n) is 23.6. The van der Waals surface area contributed by atoms with E-state index in [2.05, 4.69) is 45.0 Å². The van der Waals surface area contributed by atoms with Crippen molar-refractivity contribution < 1.29 is 32.5 Å². The van der Waals surface area contributed by atoms with Crippen LogP contribution in [0.1, 0.15) is 40.2 Å². The van der Waals surface area contributed by atoms with Gasteiger partial charge in [-0.25, -0.2) is 0 Å². The predicted molar refractivity (Wildman–Crippen MR) is 152 cm³/mol. The van der Waals surface area contributed by atoms with Gasteiger partial charge in [0.05, 0.1) is 6.61 Å². The molecule has 5 unspecified atom stereocenters. The molecule has 0 aromatic heterocycles. The van der Waals surface area contributed by atoms with Crippen molar-refractivity contribution >= 4 is 18.7 Å². The fraction of sp³-hybridized carbons (Fsp3) is 0.438. The maximum atomic E-state index is 15.9. The smallest absolute Gasteiger partial charge is 0.301 e. The molecule has 3 aromatic rings. The number of fused-ring (bicyclic) bond motifs is 1. The number of alkyl halides is 2. The van der Waals surface area contributed by atoms with Gasteiger partial charge in [-0.2, -0.15) is 8.78 Å². The van der Waals surface area contributed by atoms with Gasteiger partial charge >= 0.3 is 5.92 Å². The Kier molecular flexibility index (Phi) is 7.80. The van der Waals surface area contributed by atoms with Crippen LogP contribution in [0, 0.1) is 0 Å². The van der Waals surface area contributed by atoms with Crippen LogP contribution in [0.2, 0.25) is 5.04 Å². The van der Waals surface area contributed by atoms with E-state index in [0.29, 0.717) is 0 Å². The van der Waals surface area contributed by atoms with Crippen LogP contribution in [0.25, 0.3) is 0 Å². The van der Waals surface area contributed by atoms with E-state index < -0.39 is 50.5 Å². The molecule has 1 N–H and O–H groups in total. The summed E-state index contributed by atoms with van der Waals surface area (Å²) >= 11 is 0. The molecule has 2 heterocycles. The van der Waals surface area contributed by atoms with Gasteiger partial charge in [-0.3, -0.25) is 0 Å². The van der Waals surface area contributed by atoms with Crippen LogP contribution in [0.15, 0.2) is 91.0 Å². The standard InChI is InChI=1S/C32H38F2O5Si/c1-30(2,3)40(23-17-11-7-12-18-23,24-19-13-8-14-20-24)36-21-25-27-28(39-31(4,5)38-27)26(35)29(37-25)32(33,34)22-15-9-6-10-16-22/h6-20,25-29,35H,21H2,1-5H3. The van der Waals surface area contributed by atoms with Crippen molar-refractivity contribution in [2.75, 3.05) is 6.61 Å². The molecule has 2 saturated heterocycles. The number of aliphatic hydroxyl groups is 1. The summed E-state index contributed by atoms with van der Waals surface area (Å²) in [4.78, 5) is 0. The lowest BCUT2D eigenvalue weighted by Gasteiger charge is -2.46. The highest BCUT2D eigenvalue weighted by atomic mass is 28.4. The first-order chi connectivity index (χ1) is 18.9. The van der Waals surface area contributed by atoms with E-state index in [9.17, 15) is 5.11 Å². The molecule has 40 heavy (non-hydrogen) atoms. The molecule has 8 heteroatoms. The van der Waals surface area contributed by atoms with Gasteiger partial charge in [-0.15, -0.1) is 0 Å². The monoisotopic (exact) mass is 568 g/mol. The van der Waals surface area contributed by atoms with Crippen molar-refractivity contribution in [1.29, 1.82) is 0 Å². The molecule has 2 fully saturated rings. The average molecular weight is 569 g/mol. The first kappa shape index (κ1) is 29.0. The molecule has 2 aliphatic rings. The molecule has 0 radical (unpaired) electrons. The fourth-order valence-corrected chi connectivity index (χ4v) is 10.7. The number of aliphatic hydroxyl groups excluding tert-OH is 1. The Bertz CT molecular complexity index is 1230. The van der Waals surface area contributed by atoms with Crippen LogP contribution >= 0.6 is 0 Å². The summed E-state index contributed by atoms with van der Waals surface area (Å²) < 4.78 is 57.1. The second-order valence-corrected chi connectivity index (χ2v) is 16.4. The summed E-state index contributed by atoms with van der Waals surface area (Å²) in [6.07, 6.45) is -6.15. The highest BCUT2D eigenvalue weighted by Gasteiger charge is 2.61. The third kappa shape index (κ3) is 5.17. The van der Waals surface area contributed by atoms with Crippen LogP contribution in [-0.2, 0) is 24.6 Å². The van der Waals surface area contributed by atoms with E-state index in [0.717, 1.165) is 10.4 Å². The van der Waals surface area contributed by atoms with Crippen LogP contribution in [0.4, 0.5) is 8.78 Å². The van der Waals surface area contributed by atoms with E-state index in [-0.39, 0.29) is 17.2 Å².